The number of rotatable bonds is 5. The number of alkyl halides is 3. The van der Waals surface area contributed by atoms with Crippen molar-refractivity contribution < 1.29 is 22.0 Å². The highest BCUT2D eigenvalue weighted by Crippen LogP contribution is 2.34. The van der Waals surface area contributed by atoms with Crippen LogP contribution >= 0.6 is 0 Å². The topological polar surface area (TPSA) is 25.2 Å². The first kappa shape index (κ1) is 15.6. The van der Waals surface area contributed by atoms with Gasteiger partial charge in [0, 0.05) is 0 Å². The van der Waals surface area contributed by atoms with Gasteiger partial charge < -0.3 is 9.73 Å². The van der Waals surface area contributed by atoms with Gasteiger partial charge in [0.1, 0.15) is 17.3 Å². The third kappa shape index (κ3) is 3.85. The minimum absolute atomic E-state index is 0.0897. The van der Waals surface area contributed by atoms with Gasteiger partial charge in [-0.15, -0.1) is 0 Å². The Hall–Kier alpha value is -1.82. The lowest BCUT2D eigenvalue weighted by Crippen LogP contribution is -2.12. The predicted octanol–water partition coefficient (Wildman–Crippen LogP) is 4.60. The second-order valence-corrected chi connectivity index (χ2v) is 4.64. The van der Waals surface area contributed by atoms with Crippen LogP contribution in [0, 0.1) is 5.82 Å². The molecule has 1 aromatic heterocycles. The molecule has 21 heavy (non-hydrogen) atoms. The second kappa shape index (κ2) is 6.30. The molecule has 0 fully saturated rings. The Morgan fingerprint density at radius 1 is 1.14 bits per heavy atom. The van der Waals surface area contributed by atoms with E-state index in [1.54, 1.807) is 6.07 Å². The highest BCUT2D eigenvalue weighted by Gasteiger charge is 2.31. The Balaban J connectivity index is 2.25. The lowest BCUT2D eigenvalue weighted by atomic mass is 10.1. The van der Waals surface area contributed by atoms with Gasteiger partial charge in [0.2, 0.25) is 0 Å². The fourth-order valence-corrected chi connectivity index (χ4v) is 1.90. The monoisotopic (exact) mass is 301 g/mol. The van der Waals surface area contributed by atoms with Crippen LogP contribution < -0.4 is 5.32 Å². The van der Waals surface area contributed by atoms with E-state index in [0.717, 1.165) is 25.1 Å². The summed E-state index contributed by atoms with van der Waals surface area (Å²) in [5.41, 5.74) is -1.09. The lowest BCUT2D eigenvalue weighted by molar-refractivity contribution is -0.137. The maximum atomic E-state index is 13.7. The maximum absolute atomic E-state index is 13.7. The summed E-state index contributed by atoms with van der Waals surface area (Å²) >= 11 is 0. The molecule has 0 amide bonds. The standard InChI is InChI=1S/C15H15F4NO/c1-2-7-20-9-11-4-6-14(21-11)12-8-10(15(17,18)19)3-5-13(12)16/h3-6,8,20H,2,7,9H2,1H3. The van der Waals surface area contributed by atoms with Crippen LogP contribution in [0.1, 0.15) is 24.7 Å². The van der Waals surface area contributed by atoms with E-state index in [-0.39, 0.29) is 11.3 Å². The molecule has 0 radical (unpaired) electrons. The number of halogens is 4. The Labute approximate surface area is 119 Å². The van der Waals surface area contributed by atoms with Crippen molar-refractivity contribution >= 4 is 0 Å². The van der Waals surface area contributed by atoms with E-state index in [0.29, 0.717) is 18.4 Å². The Kier molecular flexibility index (Phi) is 4.67. The van der Waals surface area contributed by atoms with Crippen LogP contribution in [0.2, 0.25) is 0 Å². The van der Waals surface area contributed by atoms with Crippen LogP contribution in [0.25, 0.3) is 11.3 Å². The predicted molar refractivity (Wildman–Crippen MR) is 71.1 cm³/mol. The molecular formula is C15H15F4NO. The number of hydrogen-bond acceptors (Lipinski definition) is 2. The molecule has 114 valence electrons. The highest BCUT2D eigenvalue weighted by atomic mass is 19.4. The van der Waals surface area contributed by atoms with E-state index in [4.69, 9.17) is 4.42 Å². The van der Waals surface area contributed by atoms with Gasteiger partial charge in [0.25, 0.3) is 0 Å². The summed E-state index contributed by atoms with van der Waals surface area (Å²) in [5.74, 6) is -0.104. The second-order valence-electron chi connectivity index (χ2n) is 4.64. The first-order chi connectivity index (χ1) is 9.91. The molecule has 2 nitrogen and oxygen atoms in total. The van der Waals surface area contributed by atoms with Crippen molar-refractivity contribution in [2.45, 2.75) is 26.1 Å². The van der Waals surface area contributed by atoms with E-state index in [1.807, 2.05) is 6.92 Å². The number of benzene rings is 1. The first-order valence-electron chi connectivity index (χ1n) is 6.58. The molecule has 0 unspecified atom stereocenters. The fourth-order valence-electron chi connectivity index (χ4n) is 1.90. The summed E-state index contributed by atoms with van der Waals surface area (Å²) in [5, 5.41) is 3.10. The minimum Gasteiger partial charge on any atom is -0.460 e. The molecule has 0 atom stereocenters. The van der Waals surface area contributed by atoms with Gasteiger partial charge in [-0.25, -0.2) is 4.39 Å². The van der Waals surface area contributed by atoms with Gasteiger partial charge in [-0.2, -0.15) is 13.2 Å². The fraction of sp³-hybridized carbons (Fsp3) is 0.333. The molecule has 1 heterocycles. The van der Waals surface area contributed by atoms with Crippen LogP contribution in [0.5, 0.6) is 0 Å². The zero-order valence-corrected chi connectivity index (χ0v) is 11.4. The average molecular weight is 301 g/mol. The molecule has 0 saturated heterocycles. The number of nitrogens with one attached hydrogen (secondary N) is 1. The van der Waals surface area contributed by atoms with Gasteiger partial charge in [0.15, 0.2) is 0 Å². The molecule has 1 aromatic carbocycles. The van der Waals surface area contributed by atoms with E-state index in [1.165, 1.54) is 6.07 Å². The molecule has 2 aromatic rings. The van der Waals surface area contributed by atoms with Crippen molar-refractivity contribution in [2.75, 3.05) is 6.54 Å². The summed E-state index contributed by atoms with van der Waals surface area (Å²) in [6, 6.07) is 5.37. The van der Waals surface area contributed by atoms with Crippen molar-refractivity contribution in [3.05, 3.63) is 47.5 Å². The minimum atomic E-state index is -4.51. The van der Waals surface area contributed by atoms with Crippen molar-refractivity contribution in [2.24, 2.45) is 0 Å². The zero-order chi connectivity index (χ0) is 15.5. The third-order valence-electron chi connectivity index (χ3n) is 2.95. The molecule has 0 spiro atoms. The summed E-state index contributed by atoms with van der Waals surface area (Å²) < 4.78 is 57.1. The summed E-state index contributed by atoms with van der Waals surface area (Å²) in [6.45, 7) is 3.26. The number of furan rings is 1. The van der Waals surface area contributed by atoms with E-state index >= 15 is 0 Å². The molecule has 1 N–H and O–H groups in total. The molecule has 0 aliphatic rings. The average Bonchev–Trinajstić information content (AvgIpc) is 2.87. The third-order valence-corrected chi connectivity index (χ3v) is 2.95. The van der Waals surface area contributed by atoms with Crippen molar-refractivity contribution in [3.63, 3.8) is 0 Å². The van der Waals surface area contributed by atoms with E-state index < -0.39 is 17.6 Å². The quantitative estimate of drug-likeness (QED) is 0.644. The van der Waals surface area contributed by atoms with Crippen LogP contribution in [0.4, 0.5) is 17.6 Å². The largest absolute Gasteiger partial charge is 0.460 e. The van der Waals surface area contributed by atoms with Crippen molar-refractivity contribution in [1.29, 1.82) is 0 Å². The lowest BCUT2D eigenvalue weighted by Gasteiger charge is -2.08. The Bertz CT molecular complexity index is 604. The molecule has 2 rings (SSSR count). The molecule has 0 aliphatic heterocycles. The van der Waals surface area contributed by atoms with Gasteiger partial charge in [-0.1, -0.05) is 6.92 Å². The van der Waals surface area contributed by atoms with E-state index in [9.17, 15) is 17.6 Å². The zero-order valence-electron chi connectivity index (χ0n) is 11.4. The first-order valence-corrected chi connectivity index (χ1v) is 6.58. The summed E-state index contributed by atoms with van der Waals surface area (Å²) in [6.07, 6.45) is -3.56. The molecule has 0 saturated carbocycles. The van der Waals surface area contributed by atoms with Crippen LogP contribution in [-0.4, -0.2) is 6.54 Å². The highest BCUT2D eigenvalue weighted by molar-refractivity contribution is 5.60. The van der Waals surface area contributed by atoms with Gasteiger partial charge in [-0.3, -0.25) is 0 Å². The van der Waals surface area contributed by atoms with Gasteiger partial charge in [0.05, 0.1) is 17.7 Å². The molecule has 0 aliphatic carbocycles. The molecule has 0 bridgehead atoms. The SMILES string of the molecule is CCCNCc1ccc(-c2cc(C(F)(F)F)ccc2F)o1. The van der Waals surface area contributed by atoms with Crippen LogP contribution in [0.15, 0.2) is 34.7 Å². The summed E-state index contributed by atoms with van der Waals surface area (Å²) in [7, 11) is 0. The Morgan fingerprint density at radius 2 is 1.90 bits per heavy atom. The molecular weight excluding hydrogens is 286 g/mol. The van der Waals surface area contributed by atoms with Gasteiger partial charge in [-0.05, 0) is 43.3 Å². The number of hydrogen-bond donors (Lipinski definition) is 1. The Morgan fingerprint density at radius 3 is 2.57 bits per heavy atom. The van der Waals surface area contributed by atoms with Crippen molar-refractivity contribution in [1.82, 2.24) is 5.32 Å². The van der Waals surface area contributed by atoms with Crippen LogP contribution in [0.3, 0.4) is 0 Å². The smallest absolute Gasteiger partial charge is 0.416 e. The van der Waals surface area contributed by atoms with E-state index in [2.05, 4.69) is 5.32 Å². The van der Waals surface area contributed by atoms with Gasteiger partial charge >= 0.3 is 6.18 Å². The normalized spacial score (nSPS) is 11.9. The maximum Gasteiger partial charge on any atom is 0.416 e. The van der Waals surface area contributed by atoms with Crippen LogP contribution in [-0.2, 0) is 12.7 Å². The molecule has 6 heteroatoms. The summed E-state index contributed by atoms with van der Waals surface area (Å²) in [4.78, 5) is 0. The van der Waals surface area contributed by atoms with Crippen molar-refractivity contribution in [3.8, 4) is 11.3 Å².